The molecule has 0 amide bonds. The van der Waals surface area contributed by atoms with Crippen molar-refractivity contribution in [2.75, 3.05) is 51.4 Å². The monoisotopic (exact) mass is 617 g/mol. The highest BCUT2D eigenvalue weighted by atomic mass is 16.7. The van der Waals surface area contributed by atoms with Crippen molar-refractivity contribution in [3.63, 3.8) is 0 Å². The maximum absolute atomic E-state index is 10.7. The van der Waals surface area contributed by atoms with Crippen LogP contribution in [0.3, 0.4) is 0 Å². The number of aliphatic hydroxyl groups excluding tert-OH is 2. The Kier molecular flexibility index (Phi) is 18.5. The van der Waals surface area contributed by atoms with E-state index in [0.717, 1.165) is 75.5 Å². The molecule has 44 heavy (non-hydrogen) atoms. The average Bonchev–Trinajstić information content (AvgIpc) is 3.01. The summed E-state index contributed by atoms with van der Waals surface area (Å²) in [5.74, 6) is 2.28. The predicted molar refractivity (Wildman–Crippen MR) is 178 cm³/mol. The van der Waals surface area contributed by atoms with Crippen LogP contribution >= 0.6 is 0 Å². The van der Waals surface area contributed by atoms with Crippen LogP contribution in [0.5, 0.6) is 17.4 Å². The van der Waals surface area contributed by atoms with Crippen LogP contribution in [0.1, 0.15) is 120 Å². The molecule has 0 unspecified atom stereocenters. The van der Waals surface area contributed by atoms with E-state index < -0.39 is 0 Å². The van der Waals surface area contributed by atoms with Crippen LogP contribution in [0.2, 0.25) is 0 Å². The molecule has 0 saturated carbocycles. The number of methoxy groups -OCH3 is 1. The molecule has 0 spiro atoms. The maximum Gasteiger partial charge on any atom is 0.265 e. The number of hydroxylamine groups is 1. The second kappa shape index (κ2) is 21.8. The van der Waals surface area contributed by atoms with E-state index >= 15 is 0 Å². The van der Waals surface area contributed by atoms with Crippen molar-refractivity contribution in [3.05, 3.63) is 23.0 Å². The number of pyridine rings is 1. The van der Waals surface area contributed by atoms with Gasteiger partial charge in [0.15, 0.2) is 5.82 Å². The number of hydrogen-bond donors (Lipinski definition) is 3. The summed E-state index contributed by atoms with van der Waals surface area (Å²) in [7, 11) is 7.21. The number of ether oxygens (including phenoxy) is 1. The van der Waals surface area contributed by atoms with E-state index in [1.54, 1.807) is 19.2 Å². The Morgan fingerprint density at radius 3 is 1.61 bits per heavy atom. The first-order valence-electron chi connectivity index (χ1n) is 16.8. The molecule has 0 aliphatic heterocycles. The summed E-state index contributed by atoms with van der Waals surface area (Å²) in [6, 6.07) is 1.83. The lowest BCUT2D eigenvalue weighted by Gasteiger charge is -2.23. The highest BCUT2D eigenvalue weighted by Crippen LogP contribution is 2.34. The average molecular weight is 618 g/mol. The van der Waals surface area contributed by atoms with Gasteiger partial charge in [-0.1, -0.05) is 77.0 Å². The predicted octanol–water partition coefficient (Wildman–Crippen LogP) is 6.70. The topological polar surface area (TPSA) is 124 Å². The van der Waals surface area contributed by atoms with Crippen LogP contribution in [-0.4, -0.2) is 71.7 Å². The van der Waals surface area contributed by atoms with E-state index in [4.69, 9.17) is 29.8 Å². The van der Waals surface area contributed by atoms with Crippen molar-refractivity contribution in [1.82, 2.24) is 15.0 Å². The molecule has 3 N–H and O–H groups in total. The van der Waals surface area contributed by atoms with E-state index in [2.05, 4.69) is 4.98 Å². The van der Waals surface area contributed by atoms with Crippen LogP contribution in [0.15, 0.2) is 6.07 Å². The van der Waals surface area contributed by atoms with Crippen molar-refractivity contribution < 1.29 is 24.9 Å². The molecule has 0 radical (unpaired) electrons. The number of aromatic nitrogens is 3. The second-order valence-electron chi connectivity index (χ2n) is 12.0. The quantitative estimate of drug-likeness (QED) is 0.0819. The lowest BCUT2D eigenvalue weighted by molar-refractivity contribution is 0.269. The molecule has 0 aliphatic rings. The number of aromatic hydroxyl groups is 1. The van der Waals surface area contributed by atoms with Gasteiger partial charge in [0, 0.05) is 34.4 Å². The summed E-state index contributed by atoms with van der Waals surface area (Å²) in [5, 5.41) is 30.2. The van der Waals surface area contributed by atoms with Crippen LogP contribution < -0.4 is 19.5 Å². The molecular weight excluding hydrogens is 558 g/mol. The standard InChI is InChI=1S/C34H59N5O5/c1-27-26-30(35-28(31(27)42)22-18-14-10-6-8-12-16-20-24-40)39(4)44-32-29(36-34(38(2)3)37-33(32)43-5)23-19-15-11-7-9-13-17-21-25-41/h26,40-42H,6-25H2,1-5H3. The van der Waals surface area contributed by atoms with Crippen LogP contribution in [0.25, 0.3) is 0 Å². The van der Waals surface area contributed by atoms with Crippen LogP contribution in [0.4, 0.5) is 11.8 Å². The van der Waals surface area contributed by atoms with Gasteiger partial charge in [0.1, 0.15) is 5.75 Å². The number of rotatable bonds is 25. The molecule has 2 aromatic heterocycles. The van der Waals surface area contributed by atoms with E-state index in [0.29, 0.717) is 35.5 Å². The van der Waals surface area contributed by atoms with Gasteiger partial charge in [-0.25, -0.2) is 9.97 Å². The van der Waals surface area contributed by atoms with E-state index in [-0.39, 0.29) is 19.0 Å². The maximum atomic E-state index is 10.7. The first kappa shape index (κ1) is 37.3. The van der Waals surface area contributed by atoms with Crippen molar-refractivity contribution in [2.24, 2.45) is 0 Å². The molecule has 0 bridgehead atoms. The normalized spacial score (nSPS) is 11.2. The Morgan fingerprint density at radius 2 is 1.14 bits per heavy atom. The smallest absolute Gasteiger partial charge is 0.265 e. The summed E-state index contributed by atoms with van der Waals surface area (Å²) < 4.78 is 5.67. The van der Waals surface area contributed by atoms with E-state index in [9.17, 15) is 5.11 Å². The molecule has 10 heteroatoms. The summed E-state index contributed by atoms with van der Waals surface area (Å²) in [6.45, 7) is 2.46. The van der Waals surface area contributed by atoms with Crippen molar-refractivity contribution in [2.45, 2.75) is 122 Å². The number of anilines is 2. The molecule has 250 valence electrons. The zero-order valence-corrected chi connectivity index (χ0v) is 28.1. The summed E-state index contributed by atoms with van der Waals surface area (Å²) in [6.07, 6.45) is 19.1. The van der Waals surface area contributed by atoms with Gasteiger partial charge in [-0.3, -0.25) is 0 Å². The van der Waals surface area contributed by atoms with E-state index in [1.807, 2.05) is 32.0 Å². The molecule has 0 saturated heterocycles. The largest absolute Gasteiger partial charge is 0.506 e. The van der Waals surface area contributed by atoms with Gasteiger partial charge >= 0.3 is 0 Å². The Bertz CT molecular complexity index is 1070. The number of aliphatic hydroxyl groups is 2. The molecule has 0 atom stereocenters. The van der Waals surface area contributed by atoms with Crippen molar-refractivity contribution in [3.8, 4) is 17.4 Å². The molecule has 0 aromatic carbocycles. The molecular formula is C34H59N5O5. The minimum Gasteiger partial charge on any atom is -0.506 e. The number of hydrogen-bond acceptors (Lipinski definition) is 10. The molecule has 2 rings (SSSR count). The van der Waals surface area contributed by atoms with Gasteiger partial charge in [-0.2, -0.15) is 10.0 Å². The Hall–Kier alpha value is -2.85. The summed E-state index contributed by atoms with van der Waals surface area (Å²) >= 11 is 0. The van der Waals surface area contributed by atoms with Gasteiger partial charge in [0.05, 0.1) is 18.5 Å². The van der Waals surface area contributed by atoms with Gasteiger partial charge in [0.2, 0.25) is 11.7 Å². The molecule has 2 aromatic rings. The Morgan fingerprint density at radius 1 is 0.659 bits per heavy atom. The SMILES string of the molecule is COc1nc(N(C)C)nc(CCCCCCCCCCO)c1ON(C)c1cc(C)c(O)c(CCCCCCCCCCO)n1. The minimum atomic E-state index is 0.247. The second-order valence-corrected chi connectivity index (χ2v) is 12.0. The first-order valence-corrected chi connectivity index (χ1v) is 16.8. The molecule has 10 nitrogen and oxygen atoms in total. The summed E-state index contributed by atoms with van der Waals surface area (Å²) in [5.41, 5.74) is 2.23. The van der Waals surface area contributed by atoms with Gasteiger partial charge in [-0.15, -0.1) is 0 Å². The van der Waals surface area contributed by atoms with Crippen LogP contribution in [0, 0.1) is 6.92 Å². The lowest BCUT2D eigenvalue weighted by Crippen LogP contribution is -2.25. The summed E-state index contributed by atoms with van der Waals surface area (Å²) in [4.78, 5) is 22.4. The Labute approximate surface area is 265 Å². The van der Waals surface area contributed by atoms with Crippen LogP contribution in [-0.2, 0) is 12.8 Å². The van der Waals surface area contributed by atoms with E-state index in [1.165, 1.54) is 44.9 Å². The van der Waals surface area contributed by atoms with Crippen molar-refractivity contribution >= 4 is 11.8 Å². The fraction of sp³-hybridized carbons (Fsp3) is 0.735. The highest BCUT2D eigenvalue weighted by Gasteiger charge is 2.21. The van der Waals surface area contributed by atoms with Gasteiger partial charge in [0.25, 0.3) is 5.88 Å². The fourth-order valence-corrected chi connectivity index (χ4v) is 5.22. The van der Waals surface area contributed by atoms with Crippen molar-refractivity contribution in [1.29, 1.82) is 0 Å². The first-order chi connectivity index (χ1) is 21.3. The number of nitrogens with zero attached hydrogens (tertiary/aromatic N) is 5. The number of unbranched alkanes of at least 4 members (excludes halogenated alkanes) is 14. The highest BCUT2D eigenvalue weighted by molar-refractivity contribution is 5.50. The fourth-order valence-electron chi connectivity index (χ4n) is 5.22. The molecule has 0 aliphatic carbocycles. The van der Waals surface area contributed by atoms with Gasteiger partial charge in [-0.05, 0) is 57.1 Å². The third-order valence-corrected chi connectivity index (χ3v) is 7.92. The molecule has 0 fully saturated rings. The van der Waals surface area contributed by atoms with Gasteiger partial charge < -0.3 is 29.8 Å². The number of aryl methyl sites for hydroxylation is 3. The lowest BCUT2D eigenvalue weighted by atomic mass is 10.1. The zero-order valence-electron chi connectivity index (χ0n) is 28.1. The third kappa shape index (κ3) is 13.4. The Balaban J connectivity index is 2.05. The minimum absolute atomic E-state index is 0.247. The molecule has 2 heterocycles. The zero-order chi connectivity index (χ0) is 32.2. The third-order valence-electron chi connectivity index (χ3n) is 7.92.